The monoisotopic (exact) mass is 373 g/mol. The second-order valence-corrected chi connectivity index (χ2v) is 6.18. The van der Waals surface area contributed by atoms with Crippen LogP contribution in [-0.2, 0) is 13.0 Å². The van der Waals surface area contributed by atoms with Gasteiger partial charge in [0, 0.05) is 13.1 Å². The molecule has 0 aliphatic rings. The third-order valence-electron chi connectivity index (χ3n) is 4.08. The Balaban J connectivity index is 1.96. The van der Waals surface area contributed by atoms with Gasteiger partial charge >= 0.3 is 0 Å². The van der Waals surface area contributed by atoms with Gasteiger partial charge < -0.3 is 20.5 Å². The smallest absolute Gasteiger partial charge is 0.191 e. The number of ether oxygens (including phenoxy) is 1. The highest BCUT2D eigenvalue weighted by molar-refractivity contribution is 5.79. The van der Waals surface area contributed by atoms with E-state index in [1.807, 2.05) is 32.9 Å². The molecule has 0 spiro atoms. The van der Waals surface area contributed by atoms with Crippen molar-refractivity contribution >= 4 is 5.96 Å². The van der Waals surface area contributed by atoms with E-state index in [0.717, 1.165) is 29.7 Å². The number of aliphatic imine (C=N–C) groups is 1. The molecule has 0 fully saturated rings. The topological polar surface area (TPSA) is 65.9 Å². The zero-order valence-corrected chi connectivity index (χ0v) is 16.2. The predicted molar refractivity (Wildman–Crippen MR) is 107 cm³/mol. The number of phenols is 1. The fourth-order valence-corrected chi connectivity index (χ4v) is 2.70. The van der Waals surface area contributed by atoms with Gasteiger partial charge in [0.15, 0.2) is 17.5 Å². The summed E-state index contributed by atoms with van der Waals surface area (Å²) in [4.78, 5) is 4.58. The SMILES string of the molecule is CCNC(=NCc1ccc(O)c(OCC)c1)NCCc1ccc(F)cc1C. The van der Waals surface area contributed by atoms with Crippen LogP contribution < -0.4 is 15.4 Å². The number of nitrogens with zero attached hydrogens (tertiary/aromatic N) is 1. The average Bonchev–Trinajstić information content (AvgIpc) is 2.64. The van der Waals surface area contributed by atoms with Crippen molar-refractivity contribution in [2.24, 2.45) is 4.99 Å². The van der Waals surface area contributed by atoms with E-state index < -0.39 is 0 Å². The standard InChI is InChI=1S/C21H28FN3O2/c1-4-23-21(24-11-10-17-7-8-18(22)12-15(17)3)25-14-16-6-9-19(26)20(13-16)27-5-2/h6-9,12-13,26H,4-5,10-11,14H2,1-3H3,(H2,23,24,25). The van der Waals surface area contributed by atoms with Crippen LogP contribution in [0.3, 0.4) is 0 Å². The van der Waals surface area contributed by atoms with Gasteiger partial charge in [-0.2, -0.15) is 0 Å². The van der Waals surface area contributed by atoms with E-state index in [2.05, 4.69) is 15.6 Å². The quantitative estimate of drug-likeness (QED) is 0.489. The van der Waals surface area contributed by atoms with Gasteiger partial charge in [-0.15, -0.1) is 0 Å². The van der Waals surface area contributed by atoms with Crippen LogP contribution in [0.15, 0.2) is 41.4 Å². The van der Waals surface area contributed by atoms with Crippen LogP contribution in [0.1, 0.15) is 30.5 Å². The minimum atomic E-state index is -0.209. The molecule has 0 atom stereocenters. The molecule has 6 heteroatoms. The molecule has 3 N–H and O–H groups in total. The molecule has 0 saturated heterocycles. The van der Waals surface area contributed by atoms with Gasteiger partial charge in [-0.05, 0) is 68.1 Å². The Morgan fingerprint density at radius 1 is 1.15 bits per heavy atom. The first kappa shape index (κ1) is 20.6. The summed E-state index contributed by atoms with van der Waals surface area (Å²) < 4.78 is 18.6. The number of benzene rings is 2. The predicted octanol–water partition coefficient (Wildman–Crippen LogP) is 3.54. The van der Waals surface area contributed by atoms with Crippen molar-refractivity contribution in [2.45, 2.75) is 33.7 Å². The van der Waals surface area contributed by atoms with Crippen LogP contribution in [0.25, 0.3) is 0 Å². The molecule has 2 aromatic rings. The summed E-state index contributed by atoms with van der Waals surface area (Å²) in [6.07, 6.45) is 0.782. The van der Waals surface area contributed by atoms with Gasteiger partial charge in [-0.1, -0.05) is 12.1 Å². The first-order valence-corrected chi connectivity index (χ1v) is 9.25. The molecule has 5 nitrogen and oxygen atoms in total. The van der Waals surface area contributed by atoms with Gasteiger partial charge in [0.2, 0.25) is 0 Å². The number of hydrogen-bond acceptors (Lipinski definition) is 3. The van der Waals surface area contributed by atoms with E-state index >= 15 is 0 Å². The molecule has 0 aromatic heterocycles. The molecule has 0 heterocycles. The maximum absolute atomic E-state index is 13.2. The molecular formula is C21H28FN3O2. The molecule has 0 unspecified atom stereocenters. The largest absolute Gasteiger partial charge is 0.504 e. The van der Waals surface area contributed by atoms with Crippen LogP contribution in [0.2, 0.25) is 0 Å². The van der Waals surface area contributed by atoms with E-state index in [4.69, 9.17) is 4.74 Å². The summed E-state index contributed by atoms with van der Waals surface area (Å²) in [6, 6.07) is 10.1. The Labute approximate surface area is 160 Å². The molecule has 0 saturated carbocycles. The van der Waals surface area contributed by atoms with Crippen LogP contribution in [-0.4, -0.2) is 30.8 Å². The number of guanidine groups is 1. The Hall–Kier alpha value is -2.76. The third-order valence-corrected chi connectivity index (χ3v) is 4.08. The highest BCUT2D eigenvalue weighted by atomic mass is 19.1. The summed E-state index contributed by atoms with van der Waals surface area (Å²) in [5.74, 6) is 1.10. The Kier molecular flexibility index (Phi) is 7.92. The van der Waals surface area contributed by atoms with Crippen LogP contribution in [0.4, 0.5) is 4.39 Å². The maximum atomic E-state index is 13.2. The van der Waals surface area contributed by atoms with Crippen LogP contribution in [0, 0.1) is 12.7 Å². The Morgan fingerprint density at radius 3 is 2.67 bits per heavy atom. The van der Waals surface area contributed by atoms with E-state index in [1.54, 1.807) is 18.2 Å². The molecule has 0 amide bonds. The molecule has 0 aliphatic carbocycles. The first-order valence-electron chi connectivity index (χ1n) is 9.25. The first-order chi connectivity index (χ1) is 13.0. The van der Waals surface area contributed by atoms with Crippen molar-refractivity contribution in [1.82, 2.24) is 10.6 Å². The molecule has 0 radical (unpaired) electrons. The van der Waals surface area contributed by atoms with Gasteiger partial charge in [0.1, 0.15) is 5.82 Å². The molecule has 2 aromatic carbocycles. The highest BCUT2D eigenvalue weighted by Crippen LogP contribution is 2.27. The number of halogens is 1. The highest BCUT2D eigenvalue weighted by Gasteiger charge is 2.05. The van der Waals surface area contributed by atoms with Crippen molar-refractivity contribution in [3.63, 3.8) is 0 Å². The van der Waals surface area contributed by atoms with Crippen molar-refractivity contribution in [1.29, 1.82) is 0 Å². The number of aryl methyl sites for hydroxylation is 1. The second kappa shape index (κ2) is 10.4. The second-order valence-electron chi connectivity index (χ2n) is 6.18. The maximum Gasteiger partial charge on any atom is 0.191 e. The summed E-state index contributed by atoms with van der Waals surface area (Å²) in [5.41, 5.74) is 3.01. The number of rotatable bonds is 8. The zero-order chi connectivity index (χ0) is 19.6. The Morgan fingerprint density at radius 2 is 1.96 bits per heavy atom. The van der Waals surface area contributed by atoms with E-state index in [1.165, 1.54) is 6.07 Å². The normalized spacial score (nSPS) is 11.3. The lowest BCUT2D eigenvalue weighted by molar-refractivity contribution is 0.318. The lowest BCUT2D eigenvalue weighted by atomic mass is 10.1. The van der Waals surface area contributed by atoms with Gasteiger partial charge in [0.05, 0.1) is 13.2 Å². The number of aromatic hydroxyl groups is 1. The lowest BCUT2D eigenvalue weighted by Crippen LogP contribution is -2.38. The average molecular weight is 373 g/mol. The summed E-state index contributed by atoms with van der Waals surface area (Å²) in [5, 5.41) is 16.3. The van der Waals surface area contributed by atoms with E-state index in [-0.39, 0.29) is 11.6 Å². The van der Waals surface area contributed by atoms with Crippen molar-refractivity contribution in [2.75, 3.05) is 19.7 Å². The van der Waals surface area contributed by atoms with Crippen LogP contribution in [0.5, 0.6) is 11.5 Å². The lowest BCUT2D eigenvalue weighted by Gasteiger charge is -2.13. The molecule has 0 aliphatic heterocycles. The fourth-order valence-electron chi connectivity index (χ4n) is 2.70. The van der Waals surface area contributed by atoms with Gasteiger partial charge in [0.25, 0.3) is 0 Å². The molecule has 146 valence electrons. The molecule has 2 rings (SSSR count). The van der Waals surface area contributed by atoms with Gasteiger partial charge in [-0.3, -0.25) is 0 Å². The molecular weight excluding hydrogens is 345 g/mol. The van der Waals surface area contributed by atoms with Crippen molar-refractivity contribution < 1.29 is 14.2 Å². The molecule has 27 heavy (non-hydrogen) atoms. The molecule has 0 bridgehead atoms. The number of nitrogens with one attached hydrogen (secondary N) is 2. The fraction of sp³-hybridized carbons (Fsp3) is 0.381. The zero-order valence-electron chi connectivity index (χ0n) is 16.2. The van der Waals surface area contributed by atoms with Crippen LogP contribution >= 0.6 is 0 Å². The van der Waals surface area contributed by atoms with Gasteiger partial charge in [-0.25, -0.2) is 9.38 Å². The third kappa shape index (κ3) is 6.47. The van der Waals surface area contributed by atoms with E-state index in [9.17, 15) is 9.50 Å². The summed E-state index contributed by atoms with van der Waals surface area (Å²) in [6.45, 7) is 8.20. The minimum absolute atomic E-state index is 0.129. The Bertz CT molecular complexity index is 778. The minimum Gasteiger partial charge on any atom is -0.504 e. The van der Waals surface area contributed by atoms with Crippen molar-refractivity contribution in [3.05, 3.63) is 58.9 Å². The number of hydrogen-bond donors (Lipinski definition) is 3. The summed E-state index contributed by atoms with van der Waals surface area (Å²) in [7, 11) is 0. The number of phenolic OH excluding ortho intramolecular Hbond substituents is 1. The van der Waals surface area contributed by atoms with Crippen molar-refractivity contribution in [3.8, 4) is 11.5 Å². The van der Waals surface area contributed by atoms with E-state index in [0.29, 0.717) is 31.4 Å². The summed E-state index contributed by atoms with van der Waals surface area (Å²) >= 11 is 0.